The van der Waals surface area contributed by atoms with Gasteiger partial charge in [0.1, 0.15) is 0 Å². The van der Waals surface area contributed by atoms with Crippen molar-refractivity contribution in [3.05, 3.63) is 33.8 Å². The summed E-state index contributed by atoms with van der Waals surface area (Å²) in [6, 6.07) is 4.43. The minimum atomic E-state index is -2.29. The zero-order chi connectivity index (χ0) is 11.6. The largest absolute Gasteiger partial charge is 0.466 e. The second-order valence-corrected chi connectivity index (χ2v) is 3.88. The summed E-state index contributed by atoms with van der Waals surface area (Å²) >= 11 is 11.5. The van der Waals surface area contributed by atoms with Gasteiger partial charge in [0.15, 0.2) is 0 Å². The molecule has 0 spiro atoms. The lowest BCUT2D eigenvalue weighted by atomic mass is 9.98. The van der Waals surface area contributed by atoms with Gasteiger partial charge >= 0.3 is 5.97 Å². The molecule has 0 saturated carbocycles. The maximum atomic E-state index is 14.0. The predicted molar refractivity (Wildman–Crippen MR) is 56.9 cm³/mol. The second-order valence-electron chi connectivity index (χ2n) is 3.10. The van der Waals surface area contributed by atoms with Gasteiger partial charge in [0.05, 0.1) is 17.2 Å². The van der Waals surface area contributed by atoms with Gasteiger partial charge in [-0.15, -0.1) is 0 Å². The lowest BCUT2D eigenvalue weighted by Crippen LogP contribution is -2.29. The minimum Gasteiger partial charge on any atom is -0.466 e. The normalized spacial score (nSPS) is 14.5. The molecule has 0 aromatic heterocycles. The molecule has 1 unspecified atom stereocenters. The summed E-state index contributed by atoms with van der Waals surface area (Å²) in [5, 5.41) is 0.219. The molecular weight excluding hydrogens is 242 g/mol. The van der Waals surface area contributed by atoms with E-state index in [2.05, 4.69) is 4.74 Å². The Morgan fingerprint density at radius 1 is 1.47 bits per heavy atom. The number of hydrogen-bond donors (Lipinski definition) is 0. The van der Waals surface area contributed by atoms with Crippen LogP contribution >= 0.6 is 23.2 Å². The Balaban J connectivity index is 3.27. The van der Waals surface area contributed by atoms with E-state index in [1.807, 2.05) is 0 Å². The molecule has 0 saturated heterocycles. The maximum Gasteiger partial charge on any atom is 0.348 e. The molecule has 0 radical (unpaired) electrons. The Bertz CT molecular complexity index is 391. The quantitative estimate of drug-likeness (QED) is 0.753. The van der Waals surface area contributed by atoms with Gasteiger partial charge in [-0.1, -0.05) is 35.3 Å². The number of halogens is 3. The average Bonchev–Trinajstić information content (AvgIpc) is 2.20. The first kappa shape index (κ1) is 12.3. The van der Waals surface area contributed by atoms with E-state index in [1.54, 1.807) is 0 Å². The molecule has 0 bridgehead atoms. The number of hydrogen-bond acceptors (Lipinski definition) is 2. The molecule has 0 heterocycles. The van der Waals surface area contributed by atoms with Gasteiger partial charge in [0.2, 0.25) is 5.67 Å². The van der Waals surface area contributed by atoms with E-state index in [0.717, 1.165) is 14.0 Å². The van der Waals surface area contributed by atoms with E-state index >= 15 is 0 Å². The number of methoxy groups -OCH3 is 1. The Hall–Kier alpha value is -0.800. The number of carbonyl (C=O) groups is 1. The standard InChI is InChI=1S/C10H9Cl2FO2/c1-10(13,9(14)15-2)6-4-3-5-7(11)8(6)12/h3-5H,1-2H3. The van der Waals surface area contributed by atoms with Gasteiger partial charge in [-0.2, -0.15) is 0 Å². The van der Waals surface area contributed by atoms with Crippen LogP contribution in [0.3, 0.4) is 0 Å². The van der Waals surface area contributed by atoms with Gasteiger partial charge in [-0.25, -0.2) is 9.18 Å². The Labute approximate surface area is 96.9 Å². The fourth-order valence-electron chi connectivity index (χ4n) is 1.17. The van der Waals surface area contributed by atoms with Crippen LogP contribution in [0.4, 0.5) is 4.39 Å². The fraction of sp³-hybridized carbons (Fsp3) is 0.300. The zero-order valence-electron chi connectivity index (χ0n) is 8.18. The minimum absolute atomic E-state index is 0.00326. The fourth-order valence-corrected chi connectivity index (χ4v) is 1.65. The maximum absolute atomic E-state index is 14.0. The van der Waals surface area contributed by atoms with Gasteiger partial charge in [-0.05, 0) is 13.0 Å². The summed E-state index contributed by atoms with van der Waals surface area (Å²) in [5.41, 5.74) is -2.29. The molecule has 1 aromatic carbocycles. The summed E-state index contributed by atoms with van der Waals surface area (Å²) in [7, 11) is 1.11. The summed E-state index contributed by atoms with van der Waals surface area (Å²) < 4.78 is 18.4. The average molecular weight is 251 g/mol. The van der Waals surface area contributed by atoms with E-state index in [9.17, 15) is 9.18 Å². The lowest BCUT2D eigenvalue weighted by Gasteiger charge is -2.19. The topological polar surface area (TPSA) is 26.3 Å². The van der Waals surface area contributed by atoms with Gasteiger partial charge in [-0.3, -0.25) is 0 Å². The van der Waals surface area contributed by atoms with Crippen molar-refractivity contribution in [1.29, 1.82) is 0 Å². The van der Waals surface area contributed by atoms with Crippen LogP contribution in [0, 0.1) is 0 Å². The van der Waals surface area contributed by atoms with Crippen molar-refractivity contribution in [2.45, 2.75) is 12.6 Å². The molecule has 15 heavy (non-hydrogen) atoms. The van der Waals surface area contributed by atoms with Crippen LogP contribution in [-0.4, -0.2) is 13.1 Å². The van der Waals surface area contributed by atoms with E-state index in [-0.39, 0.29) is 15.6 Å². The van der Waals surface area contributed by atoms with E-state index in [0.29, 0.717) is 0 Å². The first-order valence-electron chi connectivity index (χ1n) is 4.13. The van der Waals surface area contributed by atoms with Crippen LogP contribution in [0.1, 0.15) is 12.5 Å². The number of esters is 1. The highest BCUT2D eigenvalue weighted by atomic mass is 35.5. The van der Waals surface area contributed by atoms with Crippen molar-refractivity contribution in [2.24, 2.45) is 0 Å². The smallest absolute Gasteiger partial charge is 0.348 e. The molecule has 0 aliphatic heterocycles. The number of carbonyl (C=O) groups excluding carboxylic acids is 1. The summed E-state index contributed by atoms with van der Waals surface area (Å²) in [6.07, 6.45) is 0. The summed E-state index contributed by atoms with van der Waals surface area (Å²) in [6.45, 7) is 1.08. The monoisotopic (exact) mass is 250 g/mol. The molecule has 1 rings (SSSR count). The third kappa shape index (κ3) is 2.24. The van der Waals surface area contributed by atoms with Crippen molar-refractivity contribution < 1.29 is 13.9 Å². The third-order valence-electron chi connectivity index (χ3n) is 2.03. The molecule has 82 valence electrons. The SMILES string of the molecule is COC(=O)C(C)(F)c1cccc(Cl)c1Cl. The molecule has 1 atom stereocenters. The molecule has 1 aromatic rings. The van der Waals surface area contributed by atoms with Crippen molar-refractivity contribution >= 4 is 29.2 Å². The highest BCUT2D eigenvalue weighted by molar-refractivity contribution is 6.42. The number of ether oxygens (including phenoxy) is 1. The van der Waals surface area contributed by atoms with Crippen LogP contribution in [0.2, 0.25) is 10.0 Å². The molecule has 5 heteroatoms. The first-order chi connectivity index (χ1) is 6.91. The predicted octanol–water partition coefficient (Wildman–Crippen LogP) is 3.35. The Morgan fingerprint density at radius 3 is 2.60 bits per heavy atom. The highest BCUT2D eigenvalue weighted by Crippen LogP contribution is 2.36. The molecule has 0 aliphatic carbocycles. The molecule has 2 nitrogen and oxygen atoms in total. The van der Waals surface area contributed by atoms with Crippen molar-refractivity contribution in [3.8, 4) is 0 Å². The second kappa shape index (κ2) is 4.37. The molecule has 0 N–H and O–H groups in total. The Kier molecular flexibility index (Phi) is 3.58. The van der Waals surface area contributed by atoms with E-state index < -0.39 is 11.6 Å². The molecule has 0 aliphatic rings. The molecule has 0 fully saturated rings. The van der Waals surface area contributed by atoms with Crippen molar-refractivity contribution in [2.75, 3.05) is 7.11 Å². The number of benzene rings is 1. The summed E-state index contributed by atoms with van der Waals surface area (Å²) in [4.78, 5) is 11.2. The number of rotatable bonds is 2. The van der Waals surface area contributed by atoms with Crippen LogP contribution in [0.15, 0.2) is 18.2 Å². The van der Waals surface area contributed by atoms with E-state index in [4.69, 9.17) is 23.2 Å². The molecule has 0 amide bonds. The number of alkyl halides is 1. The van der Waals surface area contributed by atoms with Gasteiger partial charge < -0.3 is 4.74 Å². The third-order valence-corrected chi connectivity index (χ3v) is 2.85. The highest BCUT2D eigenvalue weighted by Gasteiger charge is 2.38. The summed E-state index contributed by atoms with van der Waals surface area (Å²) in [5.74, 6) is -1.01. The van der Waals surface area contributed by atoms with Crippen LogP contribution < -0.4 is 0 Å². The zero-order valence-corrected chi connectivity index (χ0v) is 9.69. The first-order valence-corrected chi connectivity index (χ1v) is 4.88. The molecular formula is C10H9Cl2FO2. The Morgan fingerprint density at radius 2 is 2.07 bits per heavy atom. The van der Waals surface area contributed by atoms with Gasteiger partial charge in [0, 0.05) is 5.56 Å². The van der Waals surface area contributed by atoms with Gasteiger partial charge in [0.25, 0.3) is 0 Å². The van der Waals surface area contributed by atoms with Crippen LogP contribution in [0.25, 0.3) is 0 Å². The lowest BCUT2D eigenvalue weighted by molar-refractivity contribution is -0.154. The van der Waals surface area contributed by atoms with Crippen LogP contribution in [0.5, 0.6) is 0 Å². The van der Waals surface area contributed by atoms with Crippen molar-refractivity contribution in [1.82, 2.24) is 0 Å². The van der Waals surface area contributed by atoms with Crippen LogP contribution in [-0.2, 0) is 15.2 Å². The van der Waals surface area contributed by atoms with Crippen molar-refractivity contribution in [3.63, 3.8) is 0 Å². The van der Waals surface area contributed by atoms with E-state index in [1.165, 1.54) is 18.2 Å².